The van der Waals surface area contributed by atoms with Crippen LogP contribution in [0.25, 0.3) is 0 Å². The van der Waals surface area contributed by atoms with Crippen LogP contribution < -0.4 is 0 Å². The van der Waals surface area contributed by atoms with Crippen LogP contribution in [0.2, 0.25) is 0 Å². The van der Waals surface area contributed by atoms with Crippen molar-refractivity contribution in [2.24, 2.45) is 17.3 Å². The summed E-state index contributed by atoms with van der Waals surface area (Å²) in [6.45, 7) is 3.32. The molecule has 9 heteroatoms. The van der Waals surface area contributed by atoms with Crippen molar-refractivity contribution in [3.63, 3.8) is 0 Å². The molecule has 0 aromatic carbocycles. The highest BCUT2D eigenvalue weighted by atomic mass is 35.6. The Kier molecular flexibility index (Phi) is 4.23. The number of hydrogen-bond donors (Lipinski definition) is 1. The van der Waals surface area contributed by atoms with E-state index < -0.39 is 43.2 Å². The highest BCUT2D eigenvalue weighted by Gasteiger charge is 2.69. The minimum atomic E-state index is -3.86. The number of halogens is 3. The molecule has 5 nitrogen and oxygen atoms in total. The zero-order valence-corrected chi connectivity index (χ0v) is 12.9. The summed E-state index contributed by atoms with van der Waals surface area (Å²) in [4.78, 5) is 11.1. The maximum Gasteiger partial charge on any atom is 0.307 e. The lowest BCUT2D eigenvalue weighted by atomic mass is 10.1. The van der Waals surface area contributed by atoms with Crippen LogP contribution in [-0.4, -0.2) is 35.6 Å². The van der Waals surface area contributed by atoms with Gasteiger partial charge in [0.25, 0.3) is 10.1 Å². The van der Waals surface area contributed by atoms with Crippen molar-refractivity contribution in [2.75, 3.05) is 6.26 Å². The minimum Gasteiger partial charge on any atom is -0.481 e. The SMILES string of the molecule is CC1(C)C(C(=O)O)C1[C@@H](OS(C)(=O)=O)C(Cl)(Cl)Cl. The van der Waals surface area contributed by atoms with Gasteiger partial charge < -0.3 is 5.11 Å². The second kappa shape index (κ2) is 4.66. The molecule has 1 saturated carbocycles. The highest BCUT2D eigenvalue weighted by molar-refractivity contribution is 7.86. The van der Waals surface area contributed by atoms with Crippen molar-refractivity contribution in [3.05, 3.63) is 0 Å². The summed E-state index contributed by atoms with van der Waals surface area (Å²) in [5.41, 5.74) is -0.689. The van der Waals surface area contributed by atoms with Crippen LogP contribution in [0.1, 0.15) is 13.8 Å². The fourth-order valence-electron chi connectivity index (χ4n) is 2.22. The van der Waals surface area contributed by atoms with Crippen molar-refractivity contribution < 1.29 is 22.5 Å². The second-order valence-electron chi connectivity index (χ2n) is 4.93. The van der Waals surface area contributed by atoms with E-state index in [-0.39, 0.29) is 0 Å². The molecule has 2 unspecified atom stereocenters. The summed E-state index contributed by atoms with van der Waals surface area (Å²) < 4.78 is 25.1. The zero-order valence-electron chi connectivity index (χ0n) is 9.85. The van der Waals surface area contributed by atoms with Gasteiger partial charge in [0.1, 0.15) is 6.10 Å². The first-order valence-electron chi connectivity index (χ1n) is 4.96. The van der Waals surface area contributed by atoms with Crippen molar-refractivity contribution in [2.45, 2.75) is 23.7 Å². The predicted octanol–water partition coefficient (Wildman–Crippen LogP) is 2.06. The number of rotatable bonds is 4. The van der Waals surface area contributed by atoms with Crippen molar-refractivity contribution >= 4 is 50.9 Å². The summed E-state index contributed by atoms with van der Waals surface area (Å²) in [6, 6.07) is 0. The molecule has 0 heterocycles. The first-order chi connectivity index (χ1) is 7.78. The van der Waals surface area contributed by atoms with Crippen LogP contribution in [0.3, 0.4) is 0 Å². The molecule has 18 heavy (non-hydrogen) atoms. The maximum atomic E-state index is 11.2. The Hall–Kier alpha value is 0.250. The molecule has 106 valence electrons. The lowest BCUT2D eigenvalue weighted by molar-refractivity contribution is -0.139. The molecule has 0 aromatic rings. The third kappa shape index (κ3) is 3.42. The van der Waals surface area contributed by atoms with Gasteiger partial charge in [-0.15, -0.1) is 0 Å². The van der Waals surface area contributed by atoms with Gasteiger partial charge >= 0.3 is 5.97 Å². The van der Waals surface area contributed by atoms with Gasteiger partial charge in [0.15, 0.2) is 0 Å². The lowest BCUT2D eigenvalue weighted by Crippen LogP contribution is -2.35. The molecule has 1 aliphatic rings. The molecule has 1 rings (SSSR count). The van der Waals surface area contributed by atoms with Crippen LogP contribution >= 0.6 is 34.8 Å². The monoisotopic (exact) mass is 338 g/mol. The number of carboxylic acid groups (broad SMARTS) is 1. The van der Waals surface area contributed by atoms with Crippen LogP contribution in [0.15, 0.2) is 0 Å². The molecule has 0 radical (unpaired) electrons. The molecule has 0 amide bonds. The first kappa shape index (κ1) is 16.3. The Morgan fingerprint density at radius 2 is 1.83 bits per heavy atom. The van der Waals surface area contributed by atoms with E-state index in [1.54, 1.807) is 13.8 Å². The Labute approximate surface area is 120 Å². The summed E-state index contributed by atoms with van der Waals surface area (Å²) in [5.74, 6) is -2.56. The Balaban J connectivity index is 3.05. The quantitative estimate of drug-likeness (QED) is 0.626. The number of carboxylic acids is 1. The number of hydrogen-bond acceptors (Lipinski definition) is 4. The van der Waals surface area contributed by atoms with E-state index in [1.807, 2.05) is 0 Å². The molecule has 0 saturated heterocycles. The van der Waals surface area contributed by atoms with Gasteiger partial charge in [-0.2, -0.15) is 8.42 Å². The normalized spacial score (nSPS) is 28.8. The Bertz CT molecular complexity index is 453. The molecule has 1 fully saturated rings. The van der Waals surface area contributed by atoms with Gasteiger partial charge in [-0.3, -0.25) is 8.98 Å². The molecule has 0 spiro atoms. The van der Waals surface area contributed by atoms with Gasteiger partial charge in [-0.05, 0) is 5.41 Å². The maximum absolute atomic E-state index is 11.2. The minimum absolute atomic E-state index is 0.683. The molecular weight excluding hydrogens is 327 g/mol. The Morgan fingerprint density at radius 3 is 2.06 bits per heavy atom. The van der Waals surface area contributed by atoms with Gasteiger partial charge in [-0.1, -0.05) is 48.7 Å². The average molecular weight is 340 g/mol. The average Bonchev–Trinajstić information content (AvgIpc) is 2.60. The van der Waals surface area contributed by atoms with E-state index in [0.29, 0.717) is 0 Å². The van der Waals surface area contributed by atoms with E-state index in [9.17, 15) is 13.2 Å². The summed E-state index contributed by atoms with van der Waals surface area (Å²) in [6.07, 6.45) is -0.504. The second-order valence-corrected chi connectivity index (χ2v) is 8.90. The summed E-state index contributed by atoms with van der Waals surface area (Å²) in [5, 5.41) is 9.04. The Morgan fingerprint density at radius 1 is 1.39 bits per heavy atom. The van der Waals surface area contributed by atoms with Crippen molar-refractivity contribution in [3.8, 4) is 0 Å². The third-order valence-electron chi connectivity index (χ3n) is 3.10. The van der Waals surface area contributed by atoms with Crippen LogP contribution in [0, 0.1) is 17.3 Å². The third-order valence-corrected chi connectivity index (χ3v) is 4.31. The molecular formula is C9H13Cl3O5S. The highest BCUT2D eigenvalue weighted by Crippen LogP contribution is 2.63. The molecule has 3 atom stereocenters. The van der Waals surface area contributed by atoms with Crippen LogP contribution in [0.5, 0.6) is 0 Å². The van der Waals surface area contributed by atoms with Gasteiger partial charge in [0, 0.05) is 5.92 Å². The largest absolute Gasteiger partial charge is 0.481 e. The first-order valence-corrected chi connectivity index (χ1v) is 7.91. The van der Waals surface area contributed by atoms with Crippen LogP contribution in [0.4, 0.5) is 0 Å². The predicted molar refractivity (Wildman–Crippen MR) is 68.4 cm³/mol. The van der Waals surface area contributed by atoms with Gasteiger partial charge in [0.05, 0.1) is 12.2 Å². The van der Waals surface area contributed by atoms with Gasteiger partial charge in [0.2, 0.25) is 3.79 Å². The molecule has 1 aliphatic carbocycles. The number of carbonyl (C=O) groups is 1. The molecule has 1 N–H and O–H groups in total. The fourth-order valence-corrected chi connectivity index (χ4v) is 3.56. The van der Waals surface area contributed by atoms with Gasteiger partial charge in [-0.25, -0.2) is 0 Å². The number of aliphatic carboxylic acids is 1. The van der Waals surface area contributed by atoms with Crippen molar-refractivity contribution in [1.82, 2.24) is 0 Å². The molecule has 0 bridgehead atoms. The standard InChI is InChI=1S/C9H13Cl3O5S/c1-8(2)4(5(8)7(13)14)6(9(10,11)12)17-18(3,15)16/h4-6H,1-3H3,(H,13,14)/t4?,5?,6-/m1/s1. The molecule has 0 aliphatic heterocycles. The van der Waals surface area contributed by atoms with Crippen molar-refractivity contribution in [1.29, 1.82) is 0 Å². The van der Waals surface area contributed by atoms with E-state index in [1.165, 1.54) is 0 Å². The molecule has 0 aromatic heterocycles. The summed E-state index contributed by atoms with van der Waals surface area (Å²) >= 11 is 17.1. The fraction of sp³-hybridized carbons (Fsp3) is 0.889. The van der Waals surface area contributed by atoms with E-state index in [0.717, 1.165) is 6.26 Å². The van der Waals surface area contributed by atoms with Crippen LogP contribution in [-0.2, 0) is 19.1 Å². The lowest BCUT2D eigenvalue weighted by Gasteiger charge is -2.24. The number of alkyl halides is 3. The smallest absolute Gasteiger partial charge is 0.307 e. The zero-order chi connectivity index (χ0) is 14.5. The van der Waals surface area contributed by atoms with E-state index >= 15 is 0 Å². The summed E-state index contributed by atoms with van der Waals surface area (Å²) in [7, 11) is -3.86. The van der Waals surface area contributed by atoms with E-state index in [4.69, 9.17) is 44.1 Å². The topological polar surface area (TPSA) is 80.7 Å². The van der Waals surface area contributed by atoms with E-state index in [2.05, 4.69) is 0 Å².